The Hall–Kier alpha value is -1.94. The molecule has 1 heterocycles. The lowest BCUT2D eigenvalue weighted by Crippen LogP contribution is -2.01. The summed E-state index contributed by atoms with van der Waals surface area (Å²) in [6, 6.07) is 9.60. The number of hydrogen-bond acceptors (Lipinski definition) is 4. The van der Waals surface area contributed by atoms with Crippen LogP contribution in [0.1, 0.15) is 16.8 Å². The van der Waals surface area contributed by atoms with E-state index in [1.54, 1.807) is 6.07 Å². The van der Waals surface area contributed by atoms with E-state index in [0.29, 0.717) is 12.4 Å². The van der Waals surface area contributed by atoms with Crippen LogP contribution in [0.15, 0.2) is 30.3 Å². The number of benzene rings is 1. The highest BCUT2D eigenvalue weighted by Crippen LogP contribution is 2.21. The molecule has 4 heteroatoms. The van der Waals surface area contributed by atoms with E-state index < -0.39 is 0 Å². The summed E-state index contributed by atoms with van der Waals surface area (Å²) in [5.41, 5.74) is 8.51. The number of nitrogens with zero attached hydrogens (tertiary/aromatic N) is 2. The molecule has 0 saturated carbocycles. The molecule has 1 aromatic heterocycles. The van der Waals surface area contributed by atoms with E-state index in [0.717, 1.165) is 22.6 Å². The number of nitrogens with two attached hydrogens (primary N) is 1. The fraction of sp³-hybridized carbons (Fsp3) is 0.231. The van der Waals surface area contributed by atoms with E-state index >= 15 is 0 Å². The van der Waals surface area contributed by atoms with Gasteiger partial charge in [-0.3, -0.25) is 0 Å². The molecule has 88 valence electrons. The Balaban J connectivity index is 2.19. The molecule has 1 aromatic carbocycles. The van der Waals surface area contributed by atoms with Crippen molar-refractivity contribution in [3.63, 3.8) is 0 Å². The Kier molecular flexibility index (Phi) is 3.35. The van der Waals surface area contributed by atoms with E-state index in [1.807, 2.05) is 32.0 Å². The Morgan fingerprint density at radius 2 is 1.76 bits per heavy atom. The standard InChI is InChI=1S/C13H15N3O/c1-9-5-10(2)7-12(6-9)17-13-4-3-11(8-14)15-16-13/h3-7H,8,14H2,1-2H3. The molecule has 0 amide bonds. The molecule has 0 aliphatic heterocycles. The zero-order valence-corrected chi connectivity index (χ0v) is 9.97. The lowest BCUT2D eigenvalue weighted by atomic mass is 10.1. The quantitative estimate of drug-likeness (QED) is 0.877. The highest BCUT2D eigenvalue weighted by atomic mass is 16.5. The van der Waals surface area contributed by atoms with Gasteiger partial charge in [-0.05, 0) is 43.2 Å². The lowest BCUT2D eigenvalue weighted by Gasteiger charge is -2.06. The minimum atomic E-state index is 0.386. The molecule has 2 N–H and O–H groups in total. The summed E-state index contributed by atoms with van der Waals surface area (Å²) in [6.07, 6.45) is 0. The van der Waals surface area contributed by atoms with Gasteiger partial charge in [-0.25, -0.2) is 0 Å². The highest BCUT2D eigenvalue weighted by Gasteiger charge is 2.01. The second kappa shape index (κ2) is 4.93. The number of hydrogen-bond donors (Lipinski definition) is 1. The van der Waals surface area contributed by atoms with E-state index in [9.17, 15) is 0 Å². The van der Waals surface area contributed by atoms with Crippen LogP contribution in [0.4, 0.5) is 0 Å². The Bertz CT molecular complexity index is 488. The van der Waals surface area contributed by atoms with Crippen LogP contribution in [-0.2, 0) is 6.54 Å². The summed E-state index contributed by atoms with van der Waals surface area (Å²) in [4.78, 5) is 0. The summed E-state index contributed by atoms with van der Waals surface area (Å²) in [6.45, 7) is 4.45. The topological polar surface area (TPSA) is 61.0 Å². The van der Waals surface area contributed by atoms with Gasteiger partial charge in [-0.15, -0.1) is 5.10 Å². The number of rotatable bonds is 3. The smallest absolute Gasteiger partial charge is 0.238 e. The summed E-state index contributed by atoms with van der Waals surface area (Å²) < 4.78 is 5.63. The molecular weight excluding hydrogens is 214 g/mol. The predicted molar refractivity (Wildman–Crippen MR) is 65.9 cm³/mol. The van der Waals surface area contributed by atoms with Crippen LogP contribution in [0.5, 0.6) is 11.6 Å². The van der Waals surface area contributed by atoms with Gasteiger partial charge in [0.05, 0.1) is 5.69 Å². The van der Waals surface area contributed by atoms with Crippen molar-refractivity contribution in [2.45, 2.75) is 20.4 Å². The summed E-state index contributed by atoms with van der Waals surface area (Å²) >= 11 is 0. The van der Waals surface area contributed by atoms with Crippen LogP contribution in [0.2, 0.25) is 0 Å². The number of ether oxygens (including phenoxy) is 1. The average Bonchev–Trinajstić information content (AvgIpc) is 2.28. The monoisotopic (exact) mass is 229 g/mol. The largest absolute Gasteiger partial charge is 0.438 e. The average molecular weight is 229 g/mol. The van der Waals surface area contributed by atoms with Gasteiger partial charge in [0.15, 0.2) is 0 Å². The Labute approximate surface area is 100 Å². The van der Waals surface area contributed by atoms with Crippen molar-refractivity contribution in [3.05, 3.63) is 47.2 Å². The third-order valence-corrected chi connectivity index (χ3v) is 2.32. The molecule has 0 atom stereocenters. The maximum absolute atomic E-state index is 5.63. The summed E-state index contributed by atoms with van der Waals surface area (Å²) in [7, 11) is 0. The van der Waals surface area contributed by atoms with Crippen LogP contribution < -0.4 is 10.5 Å². The molecule has 0 unspecified atom stereocenters. The summed E-state index contributed by atoms with van der Waals surface area (Å²) in [5, 5.41) is 7.89. The number of aryl methyl sites for hydroxylation is 2. The van der Waals surface area contributed by atoms with E-state index in [1.165, 1.54) is 0 Å². The van der Waals surface area contributed by atoms with Crippen molar-refractivity contribution in [3.8, 4) is 11.6 Å². The maximum atomic E-state index is 5.63. The van der Waals surface area contributed by atoms with Crippen molar-refractivity contribution in [2.75, 3.05) is 0 Å². The van der Waals surface area contributed by atoms with Crippen molar-refractivity contribution >= 4 is 0 Å². The first-order valence-electron chi connectivity index (χ1n) is 5.46. The Morgan fingerprint density at radius 1 is 1.06 bits per heavy atom. The van der Waals surface area contributed by atoms with Crippen molar-refractivity contribution in [1.29, 1.82) is 0 Å². The molecule has 0 radical (unpaired) electrons. The van der Waals surface area contributed by atoms with Gasteiger partial charge in [0.2, 0.25) is 5.88 Å². The van der Waals surface area contributed by atoms with Crippen LogP contribution >= 0.6 is 0 Å². The molecule has 0 fully saturated rings. The van der Waals surface area contributed by atoms with Crippen LogP contribution in [0.25, 0.3) is 0 Å². The maximum Gasteiger partial charge on any atom is 0.238 e. The first-order valence-corrected chi connectivity index (χ1v) is 5.46. The Morgan fingerprint density at radius 3 is 2.29 bits per heavy atom. The normalized spacial score (nSPS) is 10.3. The zero-order chi connectivity index (χ0) is 12.3. The highest BCUT2D eigenvalue weighted by molar-refractivity contribution is 5.35. The van der Waals surface area contributed by atoms with E-state index in [2.05, 4.69) is 16.3 Å². The molecule has 0 saturated heterocycles. The molecule has 4 nitrogen and oxygen atoms in total. The molecule has 0 aliphatic carbocycles. The molecule has 0 bridgehead atoms. The third-order valence-electron chi connectivity index (χ3n) is 2.32. The van der Waals surface area contributed by atoms with Gasteiger partial charge >= 0.3 is 0 Å². The minimum Gasteiger partial charge on any atom is -0.438 e. The van der Waals surface area contributed by atoms with E-state index in [-0.39, 0.29) is 0 Å². The third kappa shape index (κ3) is 3.01. The van der Waals surface area contributed by atoms with Gasteiger partial charge in [0, 0.05) is 12.6 Å². The molecule has 2 rings (SSSR count). The molecule has 17 heavy (non-hydrogen) atoms. The second-order valence-corrected chi connectivity index (χ2v) is 3.99. The van der Waals surface area contributed by atoms with Crippen LogP contribution in [0.3, 0.4) is 0 Å². The zero-order valence-electron chi connectivity index (χ0n) is 9.97. The fourth-order valence-electron chi connectivity index (χ4n) is 1.62. The molecule has 0 aliphatic rings. The molecule has 2 aromatic rings. The van der Waals surface area contributed by atoms with E-state index in [4.69, 9.17) is 10.5 Å². The SMILES string of the molecule is Cc1cc(C)cc(Oc2ccc(CN)nn2)c1. The van der Waals surface area contributed by atoms with Gasteiger partial charge in [0.1, 0.15) is 5.75 Å². The van der Waals surface area contributed by atoms with Gasteiger partial charge in [0.25, 0.3) is 0 Å². The van der Waals surface area contributed by atoms with Gasteiger partial charge in [-0.2, -0.15) is 5.10 Å². The van der Waals surface area contributed by atoms with Gasteiger partial charge < -0.3 is 10.5 Å². The predicted octanol–water partition coefficient (Wildman–Crippen LogP) is 2.34. The number of aromatic nitrogens is 2. The lowest BCUT2D eigenvalue weighted by molar-refractivity contribution is 0.453. The van der Waals surface area contributed by atoms with Crippen LogP contribution in [0, 0.1) is 13.8 Å². The first kappa shape index (κ1) is 11.5. The minimum absolute atomic E-state index is 0.386. The van der Waals surface area contributed by atoms with Crippen LogP contribution in [-0.4, -0.2) is 10.2 Å². The van der Waals surface area contributed by atoms with Crippen molar-refractivity contribution in [2.24, 2.45) is 5.73 Å². The summed E-state index contributed by atoms with van der Waals surface area (Å²) in [5.74, 6) is 1.25. The van der Waals surface area contributed by atoms with Gasteiger partial charge in [-0.1, -0.05) is 6.07 Å². The van der Waals surface area contributed by atoms with Crippen molar-refractivity contribution < 1.29 is 4.74 Å². The molecule has 0 spiro atoms. The fourth-order valence-corrected chi connectivity index (χ4v) is 1.62. The van der Waals surface area contributed by atoms with Crippen molar-refractivity contribution in [1.82, 2.24) is 10.2 Å². The molecular formula is C13H15N3O. The first-order chi connectivity index (χ1) is 8.17. The second-order valence-electron chi connectivity index (χ2n) is 3.99.